The fraction of sp³-hybridized carbons (Fsp3) is 0.564. The molecule has 89 heavy (non-hydrogen) atoms. The van der Waals surface area contributed by atoms with E-state index in [1.165, 1.54) is 27.8 Å². The van der Waals surface area contributed by atoms with E-state index in [1.54, 1.807) is 34.0 Å². The van der Waals surface area contributed by atoms with Crippen molar-refractivity contribution in [2.75, 3.05) is 123 Å². The predicted molar refractivity (Wildman–Crippen MR) is 315 cm³/mol. The molecule has 1 saturated heterocycles. The molecule has 3 heterocycles. The first kappa shape index (κ1) is 72.5. The van der Waals surface area contributed by atoms with Crippen molar-refractivity contribution in [1.82, 2.24) is 66.0 Å². The molecule has 0 unspecified atom stereocenters. The highest BCUT2D eigenvalue weighted by molar-refractivity contribution is 5.98. The highest BCUT2D eigenvalue weighted by Crippen LogP contribution is 2.17. The van der Waals surface area contributed by atoms with Crippen molar-refractivity contribution in [3.8, 4) is 0 Å². The first-order valence-electron chi connectivity index (χ1n) is 28.8. The maximum absolute atomic E-state index is 13.5. The minimum atomic E-state index is -1.80. The van der Waals surface area contributed by atoms with Crippen molar-refractivity contribution in [1.29, 1.82) is 0 Å². The molecule has 4 rings (SSSR count). The standard InChI is InChI=1S/C55H81N15O19/c1-35(71)39(56)29-62-52(86)38-30-70(42-25-36(5-6-37(42)51(38)85)28-63-55-60-12-13-61-55)14-2-9-57-43(72)7-8-44(73)58-10-3-23-89-24-4-11-59-53(87)40(26-46(75)76)65-54(88)41(27-47(77)78)64-45(74)31-66-15-17-67(32-48(79)80)19-21-69(34-50(83)84)22-20-68(18-16-66)33-49(81)82/h5-6,12-13,25,30,39-41H,2-4,7-11,14-24,26-29,31-34,56H2,1H3,(H,57,72)(H,58,73)(H,59,87)(H,62,86)(H,64,74)(H,65,88)(H,75,76)(H,77,78)(H,79,80)(H,81,82)(H,83,84)(H2,60,61,63)/t39-,40+,41+/m0/s1. The van der Waals surface area contributed by atoms with Gasteiger partial charge in [0.15, 0.2) is 5.95 Å². The van der Waals surface area contributed by atoms with Crippen molar-refractivity contribution in [2.45, 2.75) is 83.1 Å². The predicted octanol–water partition coefficient (Wildman–Crippen LogP) is -4.31. The number of pyridine rings is 1. The monoisotopic (exact) mass is 1260 g/mol. The van der Waals surface area contributed by atoms with Crippen LogP contribution in [0.1, 0.15) is 67.8 Å². The lowest BCUT2D eigenvalue weighted by Gasteiger charge is -2.33. The SMILES string of the molecule is CC(=O)[C@@H](N)CNC(=O)c1cn(CCCNC(=O)CCC(=O)NCCCOCCCNC(=O)[C@@H](CC(=O)O)NC(=O)[C@@H](CC(=O)O)NC(=O)CN2CCN(CC(=O)O)CCN(CC(=O)O)CCN(CC(=O)O)CC2)c2cc(CNc3ncc[nH]3)ccc2c1=O. The normalized spacial score (nSPS) is 14.8. The fourth-order valence-corrected chi connectivity index (χ4v) is 9.04. The highest BCUT2D eigenvalue weighted by atomic mass is 16.5. The third-order valence-corrected chi connectivity index (χ3v) is 13.8. The number of carboxylic acids is 5. The number of fused-ring (bicyclic) bond motifs is 1. The van der Waals surface area contributed by atoms with Gasteiger partial charge in [-0.3, -0.25) is 81.9 Å². The summed E-state index contributed by atoms with van der Waals surface area (Å²) < 4.78 is 7.30. The smallest absolute Gasteiger partial charge is 0.317 e. The van der Waals surface area contributed by atoms with Crippen LogP contribution in [0.15, 0.2) is 41.6 Å². The van der Waals surface area contributed by atoms with Crippen molar-refractivity contribution in [2.24, 2.45) is 5.73 Å². The second-order valence-electron chi connectivity index (χ2n) is 21.0. The molecule has 1 aromatic carbocycles. The zero-order chi connectivity index (χ0) is 65.4. The molecule has 490 valence electrons. The molecule has 0 aliphatic carbocycles. The number of ether oxygens (including phenoxy) is 1. The summed E-state index contributed by atoms with van der Waals surface area (Å²) in [4.78, 5) is 175. The summed E-state index contributed by atoms with van der Waals surface area (Å²) in [5.74, 6) is -10.7. The van der Waals surface area contributed by atoms with Crippen LogP contribution in [0.3, 0.4) is 0 Å². The Kier molecular flexibility index (Phi) is 31.2. The van der Waals surface area contributed by atoms with Crippen LogP contribution in [0, 0.1) is 0 Å². The first-order valence-corrected chi connectivity index (χ1v) is 28.8. The first-order chi connectivity index (χ1) is 42.4. The fourth-order valence-electron chi connectivity index (χ4n) is 9.04. The Morgan fingerprint density at radius 2 is 1.13 bits per heavy atom. The number of carbonyl (C=O) groups is 12. The van der Waals surface area contributed by atoms with Gasteiger partial charge in [0.05, 0.1) is 50.6 Å². The number of hydrogen-bond donors (Lipinski definition) is 14. The zero-order valence-corrected chi connectivity index (χ0v) is 49.5. The summed E-state index contributed by atoms with van der Waals surface area (Å²) in [5, 5.41) is 66.1. The van der Waals surface area contributed by atoms with Crippen LogP contribution >= 0.6 is 0 Å². The molecule has 3 atom stereocenters. The highest BCUT2D eigenvalue weighted by Gasteiger charge is 2.31. The molecule has 2 aromatic heterocycles. The quantitative estimate of drug-likeness (QED) is 0.0241. The van der Waals surface area contributed by atoms with E-state index in [4.69, 9.17) is 10.5 Å². The number of H-pyrrole nitrogens is 1. The van der Waals surface area contributed by atoms with Crippen LogP contribution in [-0.4, -0.2) is 267 Å². The Bertz CT molecular complexity index is 2950. The van der Waals surface area contributed by atoms with Gasteiger partial charge in [-0.2, -0.15) is 0 Å². The van der Waals surface area contributed by atoms with Gasteiger partial charge in [0.25, 0.3) is 5.91 Å². The van der Waals surface area contributed by atoms with Crippen molar-refractivity contribution in [3.63, 3.8) is 0 Å². The summed E-state index contributed by atoms with van der Waals surface area (Å²) in [7, 11) is 0. The number of aryl methyl sites for hydroxylation is 1. The Labute approximate surface area is 510 Å². The van der Waals surface area contributed by atoms with E-state index in [2.05, 4.69) is 47.2 Å². The van der Waals surface area contributed by atoms with Gasteiger partial charge >= 0.3 is 29.8 Å². The maximum atomic E-state index is 13.5. The summed E-state index contributed by atoms with van der Waals surface area (Å²) in [6.45, 7) is 1.40. The van der Waals surface area contributed by atoms with Gasteiger partial charge in [-0.15, -0.1) is 0 Å². The number of aliphatic carboxylic acids is 5. The number of rotatable bonds is 38. The molecular weight excluding hydrogens is 1170 g/mol. The average molecular weight is 1260 g/mol. The van der Waals surface area contributed by atoms with Gasteiger partial charge in [-0.05, 0) is 43.9 Å². The molecule has 34 heteroatoms. The Hall–Kier alpha value is -8.96. The van der Waals surface area contributed by atoms with Crippen LogP contribution in [0.25, 0.3) is 10.9 Å². The van der Waals surface area contributed by atoms with Crippen LogP contribution in [0.4, 0.5) is 5.95 Å². The Morgan fingerprint density at radius 1 is 0.629 bits per heavy atom. The summed E-state index contributed by atoms with van der Waals surface area (Å²) in [6, 6.07) is 0.725. The number of imidazole rings is 1. The number of carboxylic acid groups (broad SMARTS) is 5. The number of nitrogens with two attached hydrogens (primary N) is 1. The molecule has 1 fully saturated rings. The number of benzene rings is 1. The van der Waals surface area contributed by atoms with Crippen LogP contribution in [-0.2, 0) is 70.6 Å². The molecule has 15 N–H and O–H groups in total. The number of aromatic nitrogens is 3. The van der Waals surface area contributed by atoms with Gasteiger partial charge < -0.3 is 82.8 Å². The van der Waals surface area contributed by atoms with Crippen LogP contribution in [0.5, 0.6) is 0 Å². The zero-order valence-electron chi connectivity index (χ0n) is 49.5. The van der Waals surface area contributed by atoms with E-state index in [1.807, 2.05) is 6.07 Å². The average Bonchev–Trinajstić information content (AvgIpc) is 1.06. The maximum Gasteiger partial charge on any atom is 0.317 e. The van der Waals surface area contributed by atoms with E-state index in [-0.39, 0.29) is 153 Å². The van der Waals surface area contributed by atoms with Gasteiger partial charge in [-0.1, -0.05) is 6.07 Å². The van der Waals surface area contributed by atoms with Crippen molar-refractivity contribution in [3.05, 3.63) is 58.1 Å². The summed E-state index contributed by atoms with van der Waals surface area (Å²) >= 11 is 0. The lowest BCUT2D eigenvalue weighted by Crippen LogP contribution is -2.56. The second-order valence-corrected chi connectivity index (χ2v) is 21.0. The third kappa shape index (κ3) is 28.2. The largest absolute Gasteiger partial charge is 0.481 e. The molecular formula is C55H81N15O19. The lowest BCUT2D eigenvalue weighted by atomic mass is 10.1. The minimum absolute atomic E-state index is 0.0321. The van der Waals surface area contributed by atoms with Gasteiger partial charge in [0, 0.05) is 142 Å². The van der Waals surface area contributed by atoms with Gasteiger partial charge in [0.2, 0.25) is 35.0 Å². The number of carbonyl (C=O) groups excluding carboxylic acids is 7. The van der Waals surface area contributed by atoms with E-state index in [0.717, 1.165) is 5.56 Å². The third-order valence-electron chi connectivity index (χ3n) is 13.8. The minimum Gasteiger partial charge on any atom is -0.481 e. The van der Waals surface area contributed by atoms with E-state index >= 15 is 0 Å². The van der Waals surface area contributed by atoms with Crippen molar-refractivity contribution < 1.29 is 87.8 Å². The van der Waals surface area contributed by atoms with E-state index in [0.29, 0.717) is 30.9 Å². The molecule has 6 amide bonds. The molecule has 0 saturated carbocycles. The number of nitrogens with one attached hydrogen (secondary N) is 8. The Morgan fingerprint density at radius 3 is 1.63 bits per heavy atom. The number of anilines is 1. The second kappa shape index (κ2) is 38.3. The van der Waals surface area contributed by atoms with E-state index < -0.39 is 110 Å². The molecule has 3 aromatic rings. The van der Waals surface area contributed by atoms with Gasteiger partial charge in [0.1, 0.15) is 23.4 Å². The number of aromatic amines is 1. The number of hydrogen-bond acceptors (Lipinski definition) is 21. The molecule has 1 aliphatic heterocycles. The number of amides is 6. The lowest BCUT2D eigenvalue weighted by molar-refractivity contribution is -0.143. The van der Waals surface area contributed by atoms with Crippen LogP contribution in [0.2, 0.25) is 0 Å². The molecule has 34 nitrogen and oxygen atoms in total. The molecule has 0 radical (unpaired) electrons. The number of Topliss-reactive ketones (excluding diaryl/α,β-unsaturated/α-hetero) is 1. The Balaban J connectivity index is 1.18. The molecule has 0 bridgehead atoms. The summed E-state index contributed by atoms with van der Waals surface area (Å²) in [6.07, 6.45) is 3.57. The summed E-state index contributed by atoms with van der Waals surface area (Å²) in [5.41, 5.74) is 6.46. The molecule has 0 spiro atoms. The van der Waals surface area contributed by atoms with E-state index in [9.17, 15) is 87.9 Å². The van der Waals surface area contributed by atoms with Crippen LogP contribution < -0.4 is 48.4 Å². The van der Waals surface area contributed by atoms with Gasteiger partial charge in [-0.25, -0.2) is 4.98 Å². The number of nitrogens with zero attached hydrogens (tertiary/aromatic N) is 6. The van der Waals surface area contributed by atoms with Crippen molar-refractivity contribution >= 4 is 87.9 Å². The number of ketones is 1. The molecule has 1 aliphatic rings. The topological polar surface area (TPSA) is 489 Å².